The minimum atomic E-state index is -0.741. The molecule has 5 rings (SSSR count). The smallest absolute Gasteiger partial charge is 0.274 e. The number of pyridine rings is 1. The van der Waals surface area contributed by atoms with E-state index in [0.717, 1.165) is 36.7 Å². The van der Waals surface area contributed by atoms with E-state index in [-0.39, 0.29) is 48.2 Å². The van der Waals surface area contributed by atoms with E-state index in [1.54, 1.807) is 9.47 Å². The fourth-order valence-corrected chi connectivity index (χ4v) is 6.20. The van der Waals surface area contributed by atoms with Crippen LogP contribution in [-0.2, 0) is 11.2 Å². The van der Waals surface area contributed by atoms with Gasteiger partial charge in [0, 0.05) is 61.9 Å². The summed E-state index contributed by atoms with van der Waals surface area (Å²) in [6, 6.07) is 2.68. The number of likely N-dealkylation sites (tertiary alicyclic amines) is 1. The summed E-state index contributed by atoms with van der Waals surface area (Å²) >= 11 is 1.14. The first-order valence-electron chi connectivity index (χ1n) is 13.1. The van der Waals surface area contributed by atoms with Crippen LogP contribution < -0.4 is 5.43 Å². The van der Waals surface area contributed by atoms with Crippen LogP contribution in [0.4, 0.5) is 8.78 Å². The van der Waals surface area contributed by atoms with Crippen molar-refractivity contribution in [3.05, 3.63) is 68.6 Å². The number of amides is 2. The number of carbonyl (C=O) groups excluding carboxylic acids is 2. The van der Waals surface area contributed by atoms with Gasteiger partial charge in [-0.3, -0.25) is 14.4 Å². The van der Waals surface area contributed by atoms with Crippen LogP contribution >= 0.6 is 11.3 Å². The number of halogens is 2. The number of thiazole rings is 1. The number of hydrogen-bond donors (Lipinski definition) is 1. The third-order valence-electron chi connectivity index (χ3n) is 7.38. The molecule has 0 spiro atoms. The van der Waals surface area contributed by atoms with E-state index in [4.69, 9.17) is 0 Å². The number of hydrogen-bond acceptors (Lipinski definition) is 6. The predicted molar refractivity (Wildman–Crippen MR) is 143 cm³/mol. The zero-order valence-corrected chi connectivity index (χ0v) is 22.6. The van der Waals surface area contributed by atoms with Crippen molar-refractivity contribution in [2.24, 2.45) is 0 Å². The number of aromatic hydroxyl groups is 1. The number of carbonyl (C=O) groups is 2. The molecule has 39 heavy (non-hydrogen) atoms. The van der Waals surface area contributed by atoms with E-state index in [1.165, 1.54) is 24.5 Å². The highest BCUT2D eigenvalue weighted by Gasteiger charge is 2.37. The number of rotatable bonds is 6. The van der Waals surface area contributed by atoms with Gasteiger partial charge in [-0.05, 0) is 44.7 Å². The average molecular weight is 557 g/mol. The molecule has 11 heteroatoms. The predicted octanol–water partition coefficient (Wildman–Crippen LogP) is 4.35. The summed E-state index contributed by atoms with van der Waals surface area (Å²) in [5, 5.41) is 11.3. The highest BCUT2D eigenvalue weighted by atomic mass is 32.1. The van der Waals surface area contributed by atoms with Crippen molar-refractivity contribution in [1.82, 2.24) is 19.4 Å². The first kappa shape index (κ1) is 27.0. The van der Waals surface area contributed by atoms with Crippen molar-refractivity contribution in [3.8, 4) is 16.3 Å². The minimum Gasteiger partial charge on any atom is -0.503 e. The second-order valence-corrected chi connectivity index (χ2v) is 11.5. The van der Waals surface area contributed by atoms with Gasteiger partial charge >= 0.3 is 0 Å². The van der Waals surface area contributed by atoms with Crippen molar-refractivity contribution >= 4 is 23.2 Å². The monoisotopic (exact) mass is 556 g/mol. The molecule has 2 amide bonds. The Hall–Kier alpha value is -3.60. The third kappa shape index (κ3) is 5.32. The molecule has 1 aromatic carbocycles. The summed E-state index contributed by atoms with van der Waals surface area (Å²) in [6.45, 7) is 5.35. The van der Waals surface area contributed by atoms with Crippen LogP contribution in [0.2, 0.25) is 0 Å². The molecular formula is C28H30F2N4O4S. The van der Waals surface area contributed by atoms with Crippen molar-refractivity contribution in [2.75, 3.05) is 19.6 Å². The summed E-state index contributed by atoms with van der Waals surface area (Å²) in [7, 11) is 0. The number of piperidine rings is 1. The molecule has 2 aromatic heterocycles. The molecule has 0 aliphatic carbocycles. The molecule has 1 atom stereocenters. The molecule has 1 unspecified atom stereocenters. The summed E-state index contributed by atoms with van der Waals surface area (Å²) in [4.78, 5) is 48.1. The lowest BCUT2D eigenvalue weighted by Crippen LogP contribution is -2.49. The van der Waals surface area contributed by atoms with Crippen molar-refractivity contribution in [2.45, 2.75) is 58.0 Å². The quantitative estimate of drug-likeness (QED) is 0.487. The van der Waals surface area contributed by atoms with Crippen LogP contribution in [0.1, 0.15) is 66.5 Å². The maximum atomic E-state index is 14.2. The normalized spacial score (nSPS) is 17.6. The zero-order valence-electron chi connectivity index (χ0n) is 21.8. The van der Waals surface area contributed by atoms with E-state index in [2.05, 4.69) is 4.98 Å². The molecule has 1 fully saturated rings. The van der Waals surface area contributed by atoms with Gasteiger partial charge in [0.05, 0.1) is 11.6 Å². The molecule has 0 saturated carbocycles. The molecule has 4 heterocycles. The summed E-state index contributed by atoms with van der Waals surface area (Å²) in [5.41, 5.74) is -0.499. The molecule has 206 valence electrons. The van der Waals surface area contributed by atoms with Crippen LogP contribution in [0.15, 0.2) is 35.4 Å². The second-order valence-electron chi connectivity index (χ2n) is 10.4. The molecule has 0 radical (unpaired) electrons. The van der Waals surface area contributed by atoms with Crippen LogP contribution in [0.3, 0.4) is 0 Å². The largest absolute Gasteiger partial charge is 0.503 e. The van der Waals surface area contributed by atoms with Gasteiger partial charge in [-0.25, -0.2) is 13.8 Å². The fraction of sp³-hybridized carbons (Fsp3) is 0.429. The van der Waals surface area contributed by atoms with Gasteiger partial charge in [0.15, 0.2) is 11.4 Å². The summed E-state index contributed by atoms with van der Waals surface area (Å²) in [6.07, 6.45) is 6.28. The van der Waals surface area contributed by atoms with Gasteiger partial charge in [-0.1, -0.05) is 6.07 Å². The van der Waals surface area contributed by atoms with Gasteiger partial charge in [0.2, 0.25) is 11.3 Å². The maximum Gasteiger partial charge on any atom is 0.274 e. The number of benzene rings is 1. The lowest BCUT2D eigenvalue weighted by molar-refractivity contribution is -0.133. The number of aromatic nitrogens is 2. The summed E-state index contributed by atoms with van der Waals surface area (Å²) in [5.74, 6) is -2.52. The van der Waals surface area contributed by atoms with E-state index in [0.29, 0.717) is 23.0 Å². The number of nitrogens with zero attached hydrogens (tertiary/aromatic N) is 4. The Morgan fingerprint density at radius 3 is 2.62 bits per heavy atom. The molecule has 2 aliphatic heterocycles. The molecular weight excluding hydrogens is 526 g/mol. The molecule has 0 bridgehead atoms. The third-order valence-corrected chi connectivity index (χ3v) is 8.41. The molecule has 8 nitrogen and oxygen atoms in total. The van der Waals surface area contributed by atoms with Crippen LogP contribution in [0.25, 0.3) is 10.6 Å². The first-order chi connectivity index (χ1) is 18.6. The fourth-order valence-electron chi connectivity index (χ4n) is 5.25. The SMILES string of the molecule is CC(C)N1CC(CC(=O)N2CCCCC2)n2cc(-c3ncc(Cc4ccc(F)cc4F)s3)c(=O)c(O)c2C1=O. The van der Waals surface area contributed by atoms with E-state index in [9.17, 15) is 28.3 Å². The molecule has 2 aliphatic rings. The Balaban J connectivity index is 1.51. The Kier molecular flexibility index (Phi) is 7.53. The molecule has 1 saturated heterocycles. The molecule has 3 aromatic rings. The van der Waals surface area contributed by atoms with Gasteiger partial charge in [0.1, 0.15) is 16.6 Å². The second kappa shape index (κ2) is 10.9. The van der Waals surface area contributed by atoms with Crippen LogP contribution in [-0.4, -0.2) is 61.9 Å². The van der Waals surface area contributed by atoms with Gasteiger partial charge in [-0.2, -0.15) is 0 Å². The average Bonchev–Trinajstić information content (AvgIpc) is 3.37. The zero-order chi connectivity index (χ0) is 27.8. The van der Waals surface area contributed by atoms with Crippen molar-refractivity contribution in [3.63, 3.8) is 0 Å². The van der Waals surface area contributed by atoms with Crippen molar-refractivity contribution < 1.29 is 23.5 Å². The summed E-state index contributed by atoms with van der Waals surface area (Å²) < 4.78 is 29.0. The Morgan fingerprint density at radius 1 is 1.18 bits per heavy atom. The lowest BCUT2D eigenvalue weighted by atomic mass is 10.0. The van der Waals surface area contributed by atoms with E-state index in [1.807, 2.05) is 18.7 Å². The van der Waals surface area contributed by atoms with E-state index < -0.39 is 34.8 Å². The molecule has 1 N–H and O–H groups in total. The highest BCUT2D eigenvalue weighted by Crippen LogP contribution is 2.34. The Bertz CT molecular complexity index is 1480. The maximum absolute atomic E-state index is 14.2. The van der Waals surface area contributed by atoms with E-state index >= 15 is 0 Å². The Labute approximate surface area is 228 Å². The van der Waals surface area contributed by atoms with Gasteiger partial charge in [0.25, 0.3) is 5.91 Å². The lowest BCUT2D eigenvalue weighted by Gasteiger charge is -2.39. The minimum absolute atomic E-state index is 0.0266. The Morgan fingerprint density at radius 2 is 1.92 bits per heavy atom. The highest BCUT2D eigenvalue weighted by molar-refractivity contribution is 7.15. The van der Waals surface area contributed by atoms with Gasteiger partial charge in [-0.15, -0.1) is 11.3 Å². The first-order valence-corrected chi connectivity index (χ1v) is 13.9. The number of fused-ring (bicyclic) bond motifs is 1. The standard InChI is InChI=1S/C28H30F2N4O4S/c1-16(2)33-14-19(12-23(35)32-8-4-3-5-9-32)34-15-21(25(36)26(37)24(34)28(33)38)27-31-13-20(39-27)10-17-6-7-18(29)11-22(17)30/h6-7,11,13,15-16,19,37H,3-5,8-10,12,14H2,1-2H3. The topological polar surface area (TPSA) is 95.7 Å². The van der Waals surface area contributed by atoms with Crippen molar-refractivity contribution in [1.29, 1.82) is 0 Å². The van der Waals surface area contributed by atoms with Crippen LogP contribution in [0.5, 0.6) is 5.75 Å². The van der Waals surface area contributed by atoms with Crippen LogP contribution in [0, 0.1) is 11.6 Å². The van der Waals surface area contributed by atoms with Gasteiger partial charge < -0.3 is 19.5 Å².